The second kappa shape index (κ2) is 18.7. The molecule has 1 aliphatic rings. The Morgan fingerprint density at radius 3 is 1.08 bits per heavy atom. The molecular weight excluding hydrogens is 757 g/mol. The molecule has 0 spiro atoms. The zero-order valence-electron chi connectivity index (χ0n) is 32.0. The molecule has 6 N–H and O–H groups in total. The van der Waals surface area contributed by atoms with Crippen LogP contribution in [0.2, 0.25) is 0 Å². The first-order valence-corrected chi connectivity index (χ1v) is 18.9. The van der Waals surface area contributed by atoms with Crippen molar-refractivity contribution in [3.63, 3.8) is 0 Å². The van der Waals surface area contributed by atoms with E-state index in [1.165, 1.54) is 12.2 Å². The molecule has 0 fully saturated rings. The predicted molar refractivity (Wildman–Crippen MR) is 233 cm³/mol. The summed E-state index contributed by atoms with van der Waals surface area (Å²) in [6.07, 6.45) is 2.86. The Morgan fingerprint density at radius 2 is 0.700 bits per heavy atom. The fourth-order valence-corrected chi connectivity index (χ4v) is 6.33. The minimum atomic E-state index is -0.966. The van der Waals surface area contributed by atoms with Gasteiger partial charge in [0, 0.05) is 62.0 Å². The number of benzene rings is 6. The smallest absolute Gasteiger partial charge is 0.255 e. The lowest BCUT2D eigenvalue weighted by molar-refractivity contribution is -0.118. The summed E-state index contributed by atoms with van der Waals surface area (Å²) < 4.78 is 0. The number of rotatable bonds is 12. The molecule has 0 saturated heterocycles. The summed E-state index contributed by atoms with van der Waals surface area (Å²) in [6, 6.07) is 45.9. The molecule has 6 amide bonds. The van der Waals surface area contributed by atoms with Crippen molar-refractivity contribution in [2.45, 2.75) is 6.42 Å². The number of anilines is 6. The Kier molecular flexibility index (Phi) is 12.4. The highest BCUT2D eigenvalue weighted by Crippen LogP contribution is 2.28. The predicted octanol–water partition coefficient (Wildman–Crippen LogP) is 8.53. The van der Waals surface area contributed by atoms with Crippen molar-refractivity contribution >= 4 is 69.6 Å². The Bertz CT molecular complexity index is 2640. The van der Waals surface area contributed by atoms with E-state index in [1.807, 2.05) is 18.2 Å². The summed E-state index contributed by atoms with van der Waals surface area (Å²) >= 11 is 0. The van der Waals surface area contributed by atoms with E-state index in [0.717, 1.165) is 0 Å². The summed E-state index contributed by atoms with van der Waals surface area (Å²) in [5.41, 5.74) is 4.05. The lowest BCUT2D eigenvalue weighted by Gasteiger charge is -2.21. The van der Waals surface area contributed by atoms with Crippen LogP contribution >= 0.6 is 0 Å². The van der Waals surface area contributed by atoms with Crippen molar-refractivity contribution in [3.8, 4) is 0 Å². The molecule has 6 aromatic rings. The number of hydrogen-bond donors (Lipinski definition) is 6. The van der Waals surface area contributed by atoms with Gasteiger partial charge in [0.05, 0.1) is 5.92 Å². The number of carbonyl (C=O) groups excluding carboxylic acids is 6. The molecule has 0 heterocycles. The van der Waals surface area contributed by atoms with E-state index in [-0.39, 0.29) is 35.3 Å². The summed E-state index contributed by atoms with van der Waals surface area (Å²) in [5, 5.41) is 17.0. The van der Waals surface area contributed by atoms with E-state index in [4.69, 9.17) is 0 Å². The van der Waals surface area contributed by atoms with Gasteiger partial charge in [0.1, 0.15) is 0 Å². The number of nitrogens with one attached hydrogen (secondary N) is 6. The van der Waals surface area contributed by atoms with Gasteiger partial charge in [-0.1, -0.05) is 78.9 Å². The van der Waals surface area contributed by atoms with E-state index in [2.05, 4.69) is 31.9 Å². The van der Waals surface area contributed by atoms with Gasteiger partial charge in [-0.05, 0) is 103 Å². The molecule has 1 atom stereocenters. The first-order valence-electron chi connectivity index (χ1n) is 18.9. The molecule has 0 aliphatic heterocycles. The fraction of sp³-hybridized carbons (Fsp3) is 0.0417. The molecule has 12 nitrogen and oxygen atoms in total. The molecule has 6 aromatic carbocycles. The van der Waals surface area contributed by atoms with Crippen molar-refractivity contribution in [2.24, 2.45) is 5.92 Å². The summed E-state index contributed by atoms with van der Waals surface area (Å²) in [7, 11) is 0. The zero-order valence-corrected chi connectivity index (χ0v) is 32.0. The molecule has 296 valence electrons. The van der Waals surface area contributed by atoms with Crippen molar-refractivity contribution in [1.29, 1.82) is 0 Å². The second-order valence-corrected chi connectivity index (χ2v) is 13.7. The van der Waals surface area contributed by atoms with Gasteiger partial charge in [-0.2, -0.15) is 0 Å². The third-order valence-electron chi connectivity index (χ3n) is 9.29. The van der Waals surface area contributed by atoms with Crippen LogP contribution in [0.4, 0.5) is 34.1 Å². The molecule has 7 rings (SSSR count). The average Bonchev–Trinajstić information content (AvgIpc) is 3.27. The fourth-order valence-electron chi connectivity index (χ4n) is 6.33. The SMILES string of the molecule is O=C(Nc1cccc(NC(=O)c2ccccc2)c1)C1=CC(C(=O)Nc2cccc(NC(=O)c3ccccc3)c2)CC(C(=O)Nc2cccc(NC(=O)c3ccccc3)c2)=C1. The molecule has 60 heavy (non-hydrogen) atoms. The highest BCUT2D eigenvalue weighted by Gasteiger charge is 2.28. The van der Waals surface area contributed by atoms with Crippen molar-refractivity contribution in [2.75, 3.05) is 31.9 Å². The Morgan fingerprint density at radius 1 is 0.367 bits per heavy atom. The van der Waals surface area contributed by atoms with Crippen LogP contribution in [-0.4, -0.2) is 35.4 Å². The maximum atomic E-state index is 13.9. The van der Waals surface area contributed by atoms with E-state index in [0.29, 0.717) is 50.8 Å². The summed E-state index contributed by atoms with van der Waals surface area (Å²) in [6.45, 7) is 0. The van der Waals surface area contributed by atoms with Gasteiger partial charge in [0.15, 0.2) is 0 Å². The van der Waals surface area contributed by atoms with Gasteiger partial charge in [-0.15, -0.1) is 0 Å². The van der Waals surface area contributed by atoms with E-state index < -0.39 is 23.6 Å². The number of amides is 6. The van der Waals surface area contributed by atoms with Gasteiger partial charge >= 0.3 is 0 Å². The van der Waals surface area contributed by atoms with Crippen LogP contribution in [0.3, 0.4) is 0 Å². The maximum Gasteiger partial charge on any atom is 0.255 e. The standard InChI is InChI=1S/C48H38N6O6/c55-43(31-13-4-1-5-14-31)49-37-19-10-22-40(28-37)52-46(58)34-25-35(47(59)53-41-23-11-20-38(29-41)50-44(56)32-15-6-2-7-16-32)27-36(26-34)48(60)54-42-24-12-21-39(30-42)51-45(57)33-17-8-3-9-18-33/h1-26,28-30,35H,27H2,(H,49,55)(H,50,56)(H,51,57)(H,52,58)(H,53,59)(H,54,60). The normalized spacial score (nSPS) is 13.0. The Balaban J connectivity index is 1.09. The van der Waals surface area contributed by atoms with Crippen LogP contribution < -0.4 is 31.9 Å². The quantitative estimate of drug-likeness (QED) is 0.0724. The Hall–Kier alpha value is -8.38. The van der Waals surface area contributed by atoms with E-state index >= 15 is 0 Å². The average molecular weight is 795 g/mol. The molecule has 0 aromatic heterocycles. The van der Waals surface area contributed by atoms with Gasteiger partial charge in [-0.3, -0.25) is 28.8 Å². The van der Waals surface area contributed by atoms with Crippen molar-refractivity contribution in [1.82, 2.24) is 0 Å². The van der Waals surface area contributed by atoms with E-state index in [9.17, 15) is 28.8 Å². The highest BCUT2D eigenvalue weighted by atomic mass is 16.2. The first kappa shape index (κ1) is 39.8. The third-order valence-corrected chi connectivity index (χ3v) is 9.29. The molecule has 1 unspecified atom stereocenters. The first-order chi connectivity index (χ1) is 29.2. The monoisotopic (exact) mass is 794 g/mol. The van der Waals surface area contributed by atoms with Crippen LogP contribution in [-0.2, 0) is 14.4 Å². The molecule has 12 heteroatoms. The van der Waals surface area contributed by atoms with Crippen molar-refractivity contribution < 1.29 is 28.8 Å². The highest BCUT2D eigenvalue weighted by molar-refractivity contribution is 6.12. The van der Waals surface area contributed by atoms with Gasteiger partial charge in [0.2, 0.25) is 5.91 Å². The minimum Gasteiger partial charge on any atom is -0.325 e. The summed E-state index contributed by atoms with van der Waals surface area (Å²) in [4.78, 5) is 79.9. The molecule has 0 bridgehead atoms. The number of hydrogen-bond acceptors (Lipinski definition) is 6. The third kappa shape index (κ3) is 10.5. The largest absolute Gasteiger partial charge is 0.325 e. The number of carbonyl (C=O) groups is 6. The molecular formula is C48H38N6O6. The molecule has 0 saturated carbocycles. The van der Waals surface area contributed by atoms with Gasteiger partial charge in [0.25, 0.3) is 29.5 Å². The Labute approximate surface area is 345 Å². The maximum absolute atomic E-state index is 13.9. The van der Waals surface area contributed by atoms with Crippen LogP contribution in [0.5, 0.6) is 0 Å². The van der Waals surface area contributed by atoms with E-state index in [1.54, 1.807) is 146 Å². The lowest BCUT2D eigenvalue weighted by atomic mass is 9.88. The summed E-state index contributed by atoms with van der Waals surface area (Å²) in [5.74, 6) is -3.59. The van der Waals surface area contributed by atoms with Crippen LogP contribution in [0.1, 0.15) is 37.5 Å². The van der Waals surface area contributed by atoms with Crippen molar-refractivity contribution in [3.05, 3.63) is 204 Å². The van der Waals surface area contributed by atoms with Gasteiger partial charge in [-0.25, -0.2) is 0 Å². The molecule has 1 aliphatic carbocycles. The van der Waals surface area contributed by atoms with Crippen LogP contribution in [0.25, 0.3) is 0 Å². The zero-order chi connectivity index (χ0) is 41.8. The lowest BCUT2D eigenvalue weighted by Crippen LogP contribution is -2.29. The minimum absolute atomic E-state index is 0.0513. The van der Waals surface area contributed by atoms with Crippen LogP contribution in [0, 0.1) is 5.92 Å². The molecule has 0 radical (unpaired) electrons. The second-order valence-electron chi connectivity index (χ2n) is 13.7. The topological polar surface area (TPSA) is 175 Å². The van der Waals surface area contributed by atoms with Crippen LogP contribution in [0.15, 0.2) is 187 Å². The van der Waals surface area contributed by atoms with Gasteiger partial charge < -0.3 is 31.9 Å².